The predicted molar refractivity (Wildman–Crippen MR) is 124 cm³/mol. The lowest BCUT2D eigenvalue weighted by Crippen LogP contribution is -1.91. The summed E-state index contributed by atoms with van der Waals surface area (Å²) in [6.07, 6.45) is 0. The van der Waals surface area contributed by atoms with Crippen molar-refractivity contribution < 1.29 is 32.8 Å². The van der Waals surface area contributed by atoms with Gasteiger partial charge in [0, 0.05) is 16.0 Å². The van der Waals surface area contributed by atoms with Gasteiger partial charge in [-0.25, -0.2) is 4.42 Å². The van der Waals surface area contributed by atoms with Crippen LogP contribution < -0.4 is 9.47 Å². The quantitative estimate of drug-likeness (QED) is 0.221. The van der Waals surface area contributed by atoms with Crippen molar-refractivity contribution in [1.29, 1.82) is 0 Å². The second-order valence-corrected chi connectivity index (χ2v) is 7.62. The number of ether oxygens (including phenoxy) is 2. The monoisotopic (exact) mass is 466 g/mol. The van der Waals surface area contributed by atoms with E-state index in [1.807, 2.05) is 66.7 Å². The van der Waals surface area contributed by atoms with E-state index in [0.29, 0.717) is 0 Å². The molecule has 3 aromatic carbocycles. The van der Waals surface area contributed by atoms with Crippen LogP contribution in [0.3, 0.4) is 0 Å². The molecule has 1 heterocycles. The van der Waals surface area contributed by atoms with Crippen molar-refractivity contribution in [2.24, 2.45) is 0 Å². The van der Waals surface area contributed by atoms with Gasteiger partial charge in [0.25, 0.3) is 0 Å². The highest BCUT2D eigenvalue weighted by molar-refractivity contribution is 7.79. The van der Waals surface area contributed by atoms with Crippen LogP contribution in [0.4, 0.5) is 0 Å². The summed E-state index contributed by atoms with van der Waals surface area (Å²) in [4.78, 5) is 0. The van der Waals surface area contributed by atoms with Crippen LogP contribution in [0.25, 0.3) is 33.8 Å². The Bertz CT molecular complexity index is 1220. The van der Waals surface area contributed by atoms with Crippen molar-refractivity contribution >= 4 is 10.4 Å². The lowest BCUT2D eigenvalue weighted by atomic mass is 10.0. The minimum atomic E-state index is -5.17. The average molecular weight is 467 g/mol. The number of benzene rings is 3. The van der Waals surface area contributed by atoms with E-state index >= 15 is 0 Å². The van der Waals surface area contributed by atoms with Gasteiger partial charge in [0.15, 0.2) is 0 Å². The Balaban J connectivity index is 0.000000619. The molecule has 0 atom stereocenters. The zero-order valence-electron chi connectivity index (χ0n) is 18.9. The highest BCUT2D eigenvalue weighted by Crippen LogP contribution is 2.34. The molecule has 0 aliphatic heterocycles. The van der Waals surface area contributed by atoms with Gasteiger partial charge in [-0.1, -0.05) is 30.3 Å². The van der Waals surface area contributed by atoms with E-state index in [2.05, 4.69) is 24.3 Å². The van der Waals surface area contributed by atoms with Crippen LogP contribution in [0.15, 0.2) is 95.4 Å². The SMILES string of the molecule is COc1ccc(-c2cc(-c3ccccc3)cc(-c3ccc(OC)cc3)[o+]2)cc1.O=S(=O)([O-])[O-].[H+]. The van der Waals surface area contributed by atoms with Crippen molar-refractivity contribution in [2.75, 3.05) is 14.2 Å². The second kappa shape index (κ2) is 10.7. The third-order valence-electron chi connectivity index (χ3n) is 4.65. The smallest absolute Gasteiger partial charge is 0.759 e. The van der Waals surface area contributed by atoms with Crippen LogP contribution in [-0.2, 0) is 10.4 Å². The Morgan fingerprint density at radius 2 is 1.03 bits per heavy atom. The predicted octanol–water partition coefficient (Wildman–Crippen LogP) is 5.35. The Kier molecular flexibility index (Phi) is 7.78. The van der Waals surface area contributed by atoms with Crippen LogP contribution in [0.2, 0.25) is 0 Å². The Labute approximate surface area is 193 Å². The zero-order chi connectivity index (χ0) is 23.8. The number of rotatable bonds is 5. The van der Waals surface area contributed by atoms with E-state index in [9.17, 15) is 0 Å². The molecule has 7 nitrogen and oxygen atoms in total. The highest BCUT2D eigenvalue weighted by atomic mass is 32.3. The van der Waals surface area contributed by atoms with Gasteiger partial charge in [0.1, 0.15) is 11.5 Å². The van der Waals surface area contributed by atoms with Crippen molar-refractivity contribution in [1.82, 2.24) is 0 Å². The molecule has 0 aliphatic carbocycles. The summed E-state index contributed by atoms with van der Waals surface area (Å²) in [6.45, 7) is 0. The fourth-order valence-electron chi connectivity index (χ4n) is 3.09. The van der Waals surface area contributed by atoms with Crippen molar-refractivity contribution in [3.63, 3.8) is 0 Å². The standard InChI is InChI=1S/C25H21O3.H2O4S/c1-26-22-12-8-19(9-13-22)24-16-21(18-6-4-3-5-7-18)17-25(28-24)20-10-14-23(27-2)15-11-20;1-5(2,3)4/h3-17H,1-2H3;(H2,1,2,3,4)/q+1;/p-1. The summed E-state index contributed by atoms with van der Waals surface area (Å²) in [7, 11) is -1.84. The molecule has 4 aromatic rings. The van der Waals surface area contributed by atoms with Crippen LogP contribution in [0.5, 0.6) is 11.5 Å². The van der Waals surface area contributed by atoms with Gasteiger partial charge < -0.3 is 18.6 Å². The molecule has 1 aromatic heterocycles. The van der Waals surface area contributed by atoms with Gasteiger partial charge in [0.05, 0.1) is 37.5 Å². The van der Waals surface area contributed by atoms with Crippen LogP contribution in [-0.4, -0.2) is 31.7 Å². The van der Waals surface area contributed by atoms with Gasteiger partial charge >= 0.3 is 12.9 Å². The molecule has 0 aliphatic rings. The highest BCUT2D eigenvalue weighted by Gasteiger charge is 2.20. The molecule has 4 rings (SSSR count). The molecule has 170 valence electrons. The average Bonchev–Trinajstić information content (AvgIpc) is 2.83. The van der Waals surface area contributed by atoms with Gasteiger partial charge in [-0.3, -0.25) is 8.42 Å². The molecule has 0 saturated carbocycles. The molecule has 0 saturated heterocycles. The van der Waals surface area contributed by atoms with E-state index in [0.717, 1.165) is 45.3 Å². The van der Waals surface area contributed by atoms with E-state index in [1.54, 1.807) is 14.2 Å². The zero-order valence-corrected chi connectivity index (χ0v) is 18.7. The molecular formula is C25H22O7S. The van der Waals surface area contributed by atoms with Gasteiger partial charge in [0.2, 0.25) is 0 Å². The molecule has 0 unspecified atom stereocenters. The number of hydrogen-bond acceptors (Lipinski definition) is 6. The second-order valence-electron chi connectivity index (χ2n) is 6.81. The molecule has 0 amide bonds. The van der Waals surface area contributed by atoms with Crippen LogP contribution in [0.1, 0.15) is 1.43 Å². The van der Waals surface area contributed by atoms with Gasteiger partial charge in [-0.05, 0) is 54.1 Å². The molecule has 0 bridgehead atoms. The molecule has 0 N–H and O–H groups in total. The summed E-state index contributed by atoms with van der Waals surface area (Å²) < 4.78 is 50.9. The van der Waals surface area contributed by atoms with Crippen LogP contribution >= 0.6 is 0 Å². The first-order valence-electron chi connectivity index (χ1n) is 9.76. The maximum atomic E-state index is 8.52. The summed E-state index contributed by atoms with van der Waals surface area (Å²) in [5, 5.41) is 0. The van der Waals surface area contributed by atoms with Crippen molar-refractivity contribution in [2.45, 2.75) is 0 Å². The van der Waals surface area contributed by atoms with Crippen LogP contribution in [0, 0.1) is 0 Å². The Morgan fingerprint density at radius 1 is 0.636 bits per heavy atom. The van der Waals surface area contributed by atoms with E-state index in [-0.39, 0.29) is 1.43 Å². The minimum absolute atomic E-state index is 0. The lowest BCUT2D eigenvalue weighted by molar-refractivity contribution is 0.352. The van der Waals surface area contributed by atoms with Gasteiger partial charge in [-0.15, -0.1) is 0 Å². The third-order valence-corrected chi connectivity index (χ3v) is 4.65. The summed E-state index contributed by atoms with van der Waals surface area (Å²) in [6, 6.07) is 30.2. The first kappa shape index (κ1) is 23.9. The molecular weight excluding hydrogens is 444 g/mol. The van der Waals surface area contributed by atoms with Crippen molar-refractivity contribution in [3.05, 3.63) is 91.0 Å². The van der Waals surface area contributed by atoms with E-state index in [1.165, 1.54) is 0 Å². The number of hydrogen-bond donors (Lipinski definition) is 0. The van der Waals surface area contributed by atoms with Gasteiger partial charge in [-0.2, -0.15) is 0 Å². The molecule has 8 heteroatoms. The fourth-order valence-corrected chi connectivity index (χ4v) is 3.09. The molecule has 33 heavy (non-hydrogen) atoms. The summed E-state index contributed by atoms with van der Waals surface area (Å²) in [5.41, 5.74) is 4.23. The first-order valence-corrected chi connectivity index (χ1v) is 11.1. The molecule has 0 radical (unpaired) electrons. The Morgan fingerprint density at radius 3 is 1.39 bits per heavy atom. The largest absolute Gasteiger partial charge is 1.00 e. The molecule has 0 spiro atoms. The third kappa shape index (κ3) is 7.15. The molecule has 0 fully saturated rings. The van der Waals surface area contributed by atoms with Crippen molar-refractivity contribution in [3.8, 4) is 45.3 Å². The van der Waals surface area contributed by atoms with E-state index in [4.69, 9.17) is 31.4 Å². The lowest BCUT2D eigenvalue weighted by Gasteiger charge is -2.06. The maximum Gasteiger partial charge on any atom is 1.00 e. The first-order chi connectivity index (χ1) is 15.8. The summed E-state index contributed by atoms with van der Waals surface area (Å²) >= 11 is 0. The Hall–Kier alpha value is -3.72. The summed E-state index contributed by atoms with van der Waals surface area (Å²) in [5.74, 6) is 3.24. The maximum absolute atomic E-state index is 8.52. The topological polar surface area (TPSA) is 110 Å². The fraction of sp³-hybridized carbons (Fsp3) is 0.0800. The normalized spacial score (nSPS) is 10.7. The minimum Gasteiger partial charge on any atom is -0.759 e. The van der Waals surface area contributed by atoms with E-state index < -0.39 is 10.4 Å². The number of methoxy groups -OCH3 is 2.